The van der Waals surface area contributed by atoms with Crippen LogP contribution in [0.5, 0.6) is 0 Å². The summed E-state index contributed by atoms with van der Waals surface area (Å²) in [5.74, 6) is -2.21. The van der Waals surface area contributed by atoms with Crippen molar-refractivity contribution in [1.29, 1.82) is 0 Å². The molecule has 0 aliphatic rings. The molecule has 5 heteroatoms. The van der Waals surface area contributed by atoms with Gasteiger partial charge in [-0.05, 0) is 27.2 Å². The minimum Gasteiger partial charge on any atom is -0.396 e. The number of hydrogen-bond acceptors (Lipinski definition) is 5. The number of allylic oxidation sites excluding steroid dienone is 1. The zero-order valence-electron chi connectivity index (χ0n) is 11.0. The maximum Gasteiger partial charge on any atom is 0.342 e. The standard InChI is InChI=1S/C13H20O5/c1-5-11(16)18-13(17)12(8(2)3)10(6-7-14)9(4)15/h5,9-10,14-15H,1,6-7H2,2-4H3. The fourth-order valence-corrected chi connectivity index (χ4v) is 1.68. The number of esters is 2. The Morgan fingerprint density at radius 3 is 2.28 bits per heavy atom. The van der Waals surface area contributed by atoms with E-state index in [1.54, 1.807) is 13.8 Å². The van der Waals surface area contributed by atoms with Gasteiger partial charge in [0.1, 0.15) is 0 Å². The molecular formula is C13H20O5. The molecule has 0 bridgehead atoms. The van der Waals surface area contributed by atoms with Crippen molar-refractivity contribution in [1.82, 2.24) is 0 Å². The van der Waals surface area contributed by atoms with Gasteiger partial charge in [0.15, 0.2) is 0 Å². The van der Waals surface area contributed by atoms with Gasteiger partial charge in [-0.2, -0.15) is 0 Å². The maximum atomic E-state index is 11.8. The highest BCUT2D eigenvalue weighted by Crippen LogP contribution is 2.24. The molecule has 0 fully saturated rings. The molecule has 102 valence electrons. The van der Waals surface area contributed by atoms with Gasteiger partial charge < -0.3 is 14.9 Å². The van der Waals surface area contributed by atoms with Crippen molar-refractivity contribution >= 4 is 11.9 Å². The molecule has 0 aromatic heterocycles. The van der Waals surface area contributed by atoms with Crippen LogP contribution in [0.3, 0.4) is 0 Å². The largest absolute Gasteiger partial charge is 0.396 e. The van der Waals surface area contributed by atoms with E-state index in [2.05, 4.69) is 11.3 Å². The van der Waals surface area contributed by atoms with Gasteiger partial charge in [0, 0.05) is 24.2 Å². The molecule has 0 radical (unpaired) electrons. The first-order chi connectivity index (χ1) is 8.34. The van der Waals surface area contributed by atoms with Crippen molar-refractivity contribution in [2.75, 3.05) is 6.61 Å². The summed E-state index contributed by atoms with van der Waals surface area (Å²) in [5, 5.41) is 18.6. The molecule has 0 saturated carbocycles. The molecule has 2 N–H and O–H groups in total. The van der Waals surface area contributed by atoms with Crippen LogP contribution in [-0.2, 0) is 14.3 Å². The van der Waals surface area contributed by atoms with Crippen molar-refractivity contribution in [2.45, 2.75) is 33.3 Å². The molecular weight excluding hydrogens is 236 g/mol. The lowest BCUT2D eigenvalue weighted by atomic mass is 9.88. The Kier molecular flexibility index (Phi) is 7.16. The van der Waals surface area contributed by atoms with E-state index >= 15 is 0 Å². The van der Waals surface area contributed by atoms with Gasteiger partial charge in [-0.1, -0.05) is 12.2 Å². The van der Waals surface area contributed by atoms with Crippen LogP contribution >= 0.6 is 0 Å². The van der Waals surface area contributed by atoms with Crippen molar-refractivity contribution < 1.29 is 24.5 Å². The predicted octanol–water partition coefficient (Wildman–Crippen LogP) is 0.958. The number of aliphatic hydroxyl groups is 2. The van der Waals surface area contributed by atoms with Gasteiger partial charge in [-0.15, -0.1) is 0 Å². The van der Waals surface area contributed by atoms with Crippen LogP contribution in [0.4, 0.5) is 0 Å². The maximum absolute atomic E-state index is 11.8. The Hall–Kier alpha value is -1.46. The van der Waals surface area contributed by atoms with Crippen LogP contribution in [0, 0.1) is 5.92 Å². The van der Waals surface area contributed by atoms with Gasteiger partial charge in [0.05, 0.1) is 6.10 Å². The third-order valence-electron chi connectivity index (χ3n) is 2.51. The molecule has 0 saturated heterocycles. The summed E-state index contributed by atoms with van der Waals surface area (Å²) in [4.78, 5) is 22.8. The van der Waals surface area contributed by atoms with Crippen LogP contribution in [0.25, 0.3) is 0 Å². The fourth-order valence-electron chi connectivity index (χ4n) is 1.68. The molecule has 0 aliphatic carbocycles. The number of carbonyl (C=O) groups excluding carboxylic acids is 2. The van der Waals surface area contributed by atoms with Crippen LogP contribution in [0.1, 0.15) is 27.2 Å². The second-order valence-electron chi connectivity index (χ2n) is 4.19. The number of hydrogen-bond donors (Lipinski definition) is 2. The molecule has 0 heterocycles. The molecule has 0 aromatic rings. The van der Waals surface area contributed by atoms with Crippen molar-refractivity contribution in [3.8, 4) is 0 Å². The zero-order valence-corrected chi connectivity index (χ0v) is 11.0. The average Bonchev–Trinajstić information content (AvgIpc) is 2.27. The van der Waals surface area contributed by atoms with E-state index in [-0.39, 0.29) is 18.6 Å². The third-order valence-corrected chi connectivity index (χ3v) is 2.51. The molecule has 18 heavy (non-hydrogen) atoms. The molecule has 2 atom stereocenters. The number of ether oxygens (including phenoxy) is 1. The van der Waals surface area contributed by atoms with Gasteiger partial charge in [0.25, 0.3) is 0 Å². The summed E-state index contributed by atoms with van der Waals surface area (Å²) in [6.07, 6.45) is 0.285. The van der Waals surface area contributed by atoms with Gasteiger partial charge >= 0.3 is 11.9 Å². The topological polar surface area (TPSA) is 83.8 Å². The van der Waals surface area contributed by atoms with Gasteiger partial charge in [0.2, 0.25) is 0 Å². The monoisotopic (exact) mass is 256 g/mol. The lowest BCUT2D eigenvalue weighted by Crippen LogP contribution is -2.27. The molecule has 0 aromatic carbocycles. The second kappa shape index (κ2) is 7.79. The Morgan fingerprint density at radius 1 is 1.39 bits per heavy atom. The lowest BCUT2D eigenvalue weighted by Gasteiger charge is -2.22. The molecule has 2 unspecified atom stereocenters. The SMILES string of the molecule is C=CC(=O)OC(=O)C(=C(C)C)C(CCO)C(C)O. The van der Waals surface area contributed by atoms with Crippen LogP contribution in [-0.4, -0.2) is 34.9 Å². The smallest absolute Gasteiger partial charge is 0.342 e. The number of aliphatic hydroxyl groups excluding tert-OH is 2. The quantitative estimate of drug-likeness (QED) is 0.420. The average molecular weight is 256 g/mol. The van der Waals surface area contributed by atoms with Crippen molar-refractivity contribution in [3.05, 3.63) is 23.8 Å². The Bertz CT molecular complexity index is 350. The minimum absolute atomic E-state index is 0.172. The van der Waals surface area contributed by atoms with Crippen LogP contribution in [0.2, 0.25) is 0 Å². The van der Waals surface area contributed by atoms with E-state index in [0.29, 0.717) is 5.57 Å². The highest BCUT2D eigenvalue weighted by atomic mass is 16.6. The first-order valence-electron chi connectivity index (χ1n) is 5.70. The van der Waals surface area contributed by atoms with Crippen molar-refractivity contribution in [2.24, 2.45) is 5.92 Å². The van der Waals surface area contributed by atoms with Gasteiger partial charge in [-0.3, -0.25) is 0 Å². The van der Waals surface area contributed by atoms with Gasteiger partial charge in [-0.25, -0.2) is 9.59 Å². The van der Waals surface area contributed by atoms with Crippen molar-refractivity contribution in [3.63, 3.8) is 0 Å². The number of rotatable bonds is 6. The molecule has 5 nitrogen and oxygen atoms in total. The van der Waals surface area contributed by atoms with E-state index in [4.69, 9.17) is 5.11 Å². The van der Waals surface area contributed by atoms with Crippen LogP contribution in [0.15, 0.2) is 23.8 Å². The second-order valence-corrected chi connectivity index (χ2v) is 4.19. The number of carbonyl (C=O) groups is 2. The summed E-state index contributed by atoms with van der Waals surface area (Å²) in [6.45, 7) is 7.91. The summed E-state index contributed by atoms with van der Waals surface area (Å²) < 4.78 is 4.55. The Morgan fingerprint density at radius 2 is 1.94 bits per heavy atom. The first kappa shape index (κ1) is 16.5. The summed E-state index contributed by atoms with van der Waals surface area (Å²) in [7, 11) is 0. The fraction of sp³-hybridized carbons (Fsp3) is 0.538. The Labute approximate surface area is 107 Å². The molecule has 0 aliphatic heterocycles. The van der Waals surface area contributed by atoms with Crippen LogP contribution < -0.4 is 0 Å². The van der Waals surface area contributed by atoms with E-state index in [1.807, 2.05) is 0 Å². The third kappa shape index (κ3) is 4.81. The normalized spacial score (nSPS) is 13.4. The summed E-state index contributed by atoms with van der Waals surface area (Å²) in [6, 6.07) is 0. The summed E-state index contributed by atoms with van der Waals surface area (Å²) >= 11 is 0. The lowest BCUT2D eigenvalue weighted by molar-refractivity contribution is -0.154. The molecule has 0 spiro atoms. The highest BCUT2D eigenvalue weighted by Gasteiger charge is 2.28. The molecule has 0 rings (SSSR count). The predicted molar refractivity (Wildman–Crippen MR) is 66.5 cm³/mol. The van der Waals surface area contributed by atoms with E-state index in [1.165, 1.54) is 6.92 Å². The van der Waals surface area contributed by atoms with E-state index < -0.39 is 24.0 Å². The Balaban J connectivity index is 5.18. The first-order valence-corrected chi connectivity index (χ1v) is 5.70. The van der Waals surface area contributed by atoms with E-state index in [0.717, 1.165) is 6.08 Å². The zero-order chi connectivity index (χ0) is 14.3. The minimum atomic E-state index is -0.841. The summed E-state index contributed by atoms with van der Waals surface area (Å²) in [5.41, 5.74) is 0.852. The molecule has 0 amide bonds. The highest BCUT2D eigenvalue weighted by molar-refractivity contribution is 6.00. The van der Waals surface area contributed by atoms with E-state index in [9.17, 15) is 14.7 Å².